The van der Waals surface area contributed by atoms with E-state index < -0.39 is 0 Å². The smallest absolute Gasteiger partial charge is 0.0959 e. The summed E-state index contributed by atoms with van der Waals surface area (Å²) in [5.74, 6) is 1.57. The highest BCUT2D eigenvalue weighted by molar-refractivity contribution is 7.79. The van der Waals surface area contributed by atoms with E-state index in [-0.39, 0.29) is 0 Å². The fourth-order valence-corrected chi connectivity index (χ4v) is 2.51. The van der Waals surface area contributed by atoms with E-state index in [0.29, 0.717) is 0 Å². The monoisotopic (exact) mass is 185 g/mol. The average molecular weight is 185 g/mol. The predicted molar refractivity (Wildman–Crippen MR) is 51.4 cm³/mol. The second-order valence-corrected chi connectivity index (χ2v) is 4.17. The Kier molecular flexibility index (Phi) is 2.18. The molecule has 0 amide bonds. The summed E-state index contributed by atoms with van der Waals surface area (Å²) in [5.41, 5.74) is 1.14. The first-order valence-corrected chi connectivity index (χ1v) is 5.46. The normalized spacial score (nSPS) is 18.3. The number of aromatic nitrogens is 1. The first-order valence-electron chi connectivity index (χ1n) is 3.95. The summed E-state index contributed by atoms with van der Waals surface area (Å²) >= 11 is 5.98. The van der Waals surface area contributed by atoms with E-state index in [9.17, 15) is 0 Å². The molecular weight excluding hydrogens is 174 g/mol. The summed E-state index contributed by atoms with van der Waals surface area (Å²) in [7, 11) is 0. The van der Waals surface area contributed by atoms with Crippen molar-refractivity contribution in [3.05, 3.63) is 16.1 Å². The number of nitrogens with zero attached hydrogens (tertiary/aromatic N) is 1. The van der Waals surface area contributed by atoms with Gasteiger partial charge in [0, 0.05) is 17.1 Å². The van der Waals surface area contributed by atoms with Crippen LogP contribution in [0, 0.1) is 0 Å². The van der Waals surface area contributed by atoms with Crippen LogP contribution in [0.3, 0.4) is 0 Å². The van der Waals surface area contributed by atoms with E-state index >= 15 is 0 Å². The van der Waals surface area contributed by atoms with Crippen molar-refractivity contribution in [2.24, 2.45) is 0 Å². The van der Waals surface area contributed by atoms with Gasteiger partial charge in [0.2, 0.25) is 0 Å². The molecule has 60 valence electrons. The van der Waals surface area contributed by atoms with Crippen LogP contribution in [0.25, 0.3) is 0 Å². The highest BCUT2D eigenvalue weighted by Gasteiger charge is 2.21. The van der Waals surface area contributed by atoms with Gasteiger partial charge in [-0.25, -0.2) is 4.98 Å². The molecule has 0 radical (unpaired) electrons. The predicted octanol–water partition coefficient (Wildman–Crippen LogP) is 2.84. The molecule has 0 aromatic carbocycles. The van der Waals surface area contributed by atoms with Crippen LogP contribution in [0.1, 0.15) is 35.9 Å². The van der Waals surface area contributed by atoms with Crippen molar-refractivity contribution in [1.82, 2.24) is 4.98 Å². The molecule has 1 fully saturated rings. The third-order valence-electron chi connectivity index (χ3n) is 2.19. The maximum absolute atomic E-state index is 4.49. The van der Waals surface area contributed by atoms with Gasteiger partial charge >= 0.3 is 0 Å². The Labute approximate surface area is 76.3 Å². The molecule has 3 heteroatoms. The Hall–Kier alpha value is -0.0200. The molecule has 11 heavy (non-hydrogen) atoms. The zero-order valence-corrected chi connectivity index (χ0v) is 8.00. The number of hydrogen-bond donors (Lipinski definition) is 1. The quantitative estimate of drug-likeness (QED) is 0.699. The maximum atomic E-state index is 4.49. The highest BCUT2D eigenvalue weighted by atomic mass is 32.1. The first kappa shape index (κ1) is 7.62. The van der Waals surface area contributed by atoms with Crippen LogP contribution in [0.4, 0.5) is 0 Å². The summed E-state index contributed by atoms with van der Waals surface area (Å²) < 4.78 is 0. The van der Waals surface area contributed by atoms with Gasteiger partial charge in [0.15, 0.2) is 0 Å². The Morgan fingerprint density at radius 2 is 2.45 bits per heavy atom. The summed E-state index contributed by atoms with van der Waals surface area (Å²) in [6.45, 7) is 0. The van der Waals surface area contributed by atoms with Gasteiger partial charge in [-0.1, -0.05) is 6.42 Å². The van der Waals surface area contributed by atoms with Gasteiger partial charge in [0.25, 0.3) is 0 Å². The van der Waals surface area contributed by atoms with E-state index in [1.807, 2.05) is 0 Å². The van der Waals surface area contributed by atoms with Crippen LogP contribution in [0.5, 0.6) is 0 Å². The minimum atomic E-state index is 0.781. The van der Waals surface area contributed by atoms with Crippen molar-refractivity contribution in [2.75, 3.05) is 0 Å². The lowest BCUT2D eigenvalue weighted by Gasteiger charge is -2.22. The maximum Gasteiger partial charge on any atom is 0.0959 e. The second kappa shape index (κ2) is 3.15. The largest absolute Gasteiger partial charge is 0.245 e. The summed E-state index contributed by atoms with van der Waals surface area (Å²) in [5, 5.41) is 3.46. The molecule has 0 bridgehead atoms. The lowest BCUT2D eigenvalue weighted by Crippen LogP contribution is -2.08. The Bertz CT molecular complexity index is 240. The Balaban J connectivity index is 2.11. The zero-order chi connectivity index (χ0) is 7.68. The van der Waals surface area contributed by atoms with Crippen molar-refractivity contribution in [1.29, 1.82) is 0 Å². The van der Waals surface area contributed by atoms with Gasteiger partial charge in [-0.05, 0) is 12.8 Å². The van der Waals surface area contributed by atoms with Gasteiger partial charge in [0.05, 0.1) is 10.7 Å². The topological polar surface area (TPSA) is 12.9 Å². The van der Waals surface area contributed by atoms with Gasteiger partial charge in [-0.15, -0.1) is 11.3 Å². The molecule has 0 N–H and O–H groups in total. The molecular formula is C8H11NS2. The molecule has 0 saturated heterocycles. The molecule has 1 heterocycles. The van der Waals surface area contributed by atoms with Crippen LogP contribution in [0.2, 0.25) is 0 Å². The first-order chi connectivity index (χ1) is 5.40. The Morgan fingerprint density at radius 3 is 2.91 bits per heavy atom. The van der Waals surface area contributed by atoms with Crippen molar-refractivity contribution < 1.29 is 0 Å². The second-order valence-electron chi connectivity index (χ2n) is 2.96. The molecule has 1 saturated carbocycles. The van der Waals surface area contributed by atoms with Crippen LogP contribution >= 0.6 is 24.0 Å². The minimum Gasteiger partial charge on any atom is -0.245 e. The Morgan fingerprint density at radius 1 is 1.64 bits per heavy atom. The van der Waals surface area contributed by atoms with Crippen molar-refractivity contribution in [2.45, 2.75) is 30.9 Å². The summed E-state index contributed by atoms with van der Waals surface area (Å²) in [4.78, 5) is 4.49. The average Bonchev–Trinajstić information content (AvgIpc) is 2.32. The van der Waals surface area contributed by atoms with Gasteiger partial charge in [-0.2, -0.15) is 12.6 Å². The van der Waals surface area contributed by atoms with E-state index in [1.54, 1.807) is 11.3 Å². The third-order valence-corrected chi connectivity index (χ3v) is 3.57. The molecule has 0 unspecified atom stereocenters. The molecule has 2 rings (SSSR count). The third kappa shape index (κ3) is 1.44. The SMILES string of the molecule is SCc1csc(C2CCC2)n1. The minimum absolute atomic E-state index is 0.781. The van der Waals surface area contributed by atoms with Crippen LogP contribution < -0.4 is 0 Å². The summed E-state index contributed by atoms with van der Waals surface area (Å²) in [6, 6.07) is 0. The van der Waals surface area contributed by atoms with E-state index in [0.717, 1.165) is 17.4 Å². The van der Waals surface area contributed by atoms with E-state index in [4.69, 9.17) is 0 Å². The molecule has 1 aliphatic carbocycles. The van der Waals surface area contributed by atoms with E-state index in [1.165, 1.54) is 24.3 Å². The molecule has 1 nitrogen and oxygen atoms in total. The fourth-order valence-electron chi connectivity index (χ4n) is 1.24. The molecule has 0 aliphatic heterocycles. The van der Waals surface area contributed by atoms with E-state index in [2.05, 4.69) is 23.0 Å². The molecule has 1 aromatic rings. The van der Waals surface area contributed by atoms with Crippen molar-refractivity contribution in [3.8, 4) is 0 Å². The number of thiol groups is 1. The zero-order valence-electron chi connectivity index (χ0n) is 6.29. The number of hydrogen-bond acceptors (Lipinski definition) is 3. The molecule has 1 aromatic heterocycles. The molecule has 0 spiro atoms. The van der Waals surface area contributed by atoms with Gasteiger partial charge in [0.1, 0.15) is 0 Å². The number of rotatable bonds is 2. The summed E-state index contributed by atoms with van der Waals surface area (Å²) in [6.07, 6.45) is 4.08. The fraction of sp³-hybridized carbons (Fsp3) is 0.625. The van der Waals surface area contributed by atoms with Crippen LogP contribution in [0.15, 0.2) is 5.38 Å². The standard InChI is InChI=1S/C8H11NS2/c10-4-7-5-11-8(9-7)6-2-1-3-6/h5-6,10H,1-4H2. The number of thiazole rings is 1. The van der Waals surface area contributed by atoms with Crippen molar-refractivity contribution in [3.63, 3.8) is 0 Å². The van der Waals surface area contributed by atoms with Crippen LogP contribution in [-0.2, 0) is 5.75 Å². The van der Waals surface area contributed by atoms with Crippen LogP contribution in [-0.4, -0.2) is 4.98 Å². The highest BCUT2D eigenvalue weighted by Crippen LogP contribution is 2.37. The molecule has 0 atom stereocenters. The van der Waals surface area contributed by atoms with Gasteiger partial charge in [-0.3, -0.25) is 0 Å². The van der Waals surface area contributed by atoms with Crippen molar-refractivity contribution >= 4 is 24.0 Å². The lowest BCUT2D eigenvalue weighted by atomic mass is 9.86. The molecule has 1 aliphatic rings. The van der Waals surface area contributed by atoms with Gasteiger partial charge < -0.3 is 0 Å². The lowest BCUT2D eigenvalue weighted by molar-refractivity contribution is 0.418.